The number of nitrogens with zero attached hydrogens (tertiary/aromatic N) is 2. The molecule has 1 aromatic rings. The maximum atomic E-state index is 5.29. The Labute approximate surface area is 181 Å². The number of halogens is 1. The van der Waals surface area contributed by atoms with Gasteiger partial charge in [-0.3, -0.25) is 4.99 Å². The van der Waals surface area contributed by atoms with Crippen LogP contribution < -0.4 is 15.5 Å². The predicted molar refractivity (Wildman–Crippen MR) is 125 cm³/mol. The molecule has 152 valence electrons. The predicted octanol–water partition coefficient (Wildman–Crippen LogP) is 3.43. The van der Waals surface area contributed by atoms with Gasteiger partial charge in [-0.2, -0.15) is 0 Å². The molecule has 0 spiro atoms. The van der Waals surface area contributed by atoms with E-state index in [2.05, 4.69) is 51.7 Å². The van der Waals surface area contributed by atoms with E-state index in [0.29, 0.717) is 11.5 Å². The number of benzene rings is 1. The van der Waals surface area contributed by atoms with Crippen molar-refractivity contribution in [2.24, 2.45) is 10.4 Å². The second-order valence-electron chi connectivity index (χ2n) is 7.82. The molecule has 1 aliphatic heterocycles. The maximum Gasteiger partial charge on any atom is 0.191 e. The van der Waals surface area contributed by atoms with Crippen LogP contribution in [0.2, 0.25) is 0 Å². The van der Waals surface area contributed by atoms with Gasteiger partial charge in [0.2, 0.25) is 0 Å². The number of para-hydroxylation sites is 1. The van der Waals surface area contributed by atoms with Crippen molar-refractivity contribution in [2.75, 3.05) is 45.3 Å². The fourth-order valence-corrected chi connectivity index (χ4v) is 4.27. The Morgan fingerprint density at radius 1 is 1.30 bits per heavy atom. The van der Waals surface area contributed by atoms with E-state index in [0.717, 1.165) is 45.0 Å². The van der Waals surface area contributed by atoms with Crippen molar-refractivity contribution in [3.63, 3.8) is 0 Å². The van der Waals surface area contributed by atoms with Crippen LogP contribution in [0.3, 0.4) is 0 Å². The quantitative estimate of drug-likeness (QED) is 0.336. The average Bonchev–Trinajstić information content (AvgIpc) is 2.94. The van der Waals surface area contributed by atoms with E-state index in [4.69, 9.17) is 4.74 Å². The number of fused-ring (bicyclic) bond motifs is 1. The highest BCUT2D eigenvalue weighted by atomic mass is 127. The third-order valence-corrected chi connectivity index (χ3v) is 6.10. The Morgan fingerprint density at radius 2 is 2.07 bits per heavy atom. The molecule has 1 aliphatic carbocycles. The van der Waals surface area contributed by atoms with Crippen molar-refractivity contribution in [3.05, 3.63) is 29.8 Å². The molecule has 1 aromatic carbocycles. The van der Waals surface area contributed by atoms with Crippen LogP contribution in [0.15, 0.2) is 29.3 Å². The van der Waals surface area contributed by atoms with Crippen molar-refractivity contribution in [2.45, 2.75) is 45.1 Å². The van der Waals surface area contributed by atoms with Gasteiger partial charge in [0.05, 0.1) is 0 Å². The zero-order chi connectivity index (χ0) is 18.4. The third-order valence-electron chi connectivity index (χ3n) is 6.10. The standard InChI is InChI=1S/C21H34N4O.HI/c1-17-15-18-7-4-5-8-19(18)25(17)13-12-23-20(22-2)24-16-21(9-6-10-21)11-14-26-3;/h4-5,7-8,17H,6,9-16H2,1-3H3,(H2,22,23,24);1H. The summed E-state index contributed by atoms with van der Waals surface area (Å²) >= 11 is 0. The maximum absolute atomic E-state index is 5.29. The van der Waals surface area contributed by atoms with Gasteiger partial charge in [-0.15, -0.1) is 24.0 Å². The molecule has 2 N–H and O–H groups in total. The first-order valence-corrected chi connectivity index (χ1v) is 9.95. The number of methoxy groups -OCH3 is 1. The number of hydrogen-bond acceptors (Lipinski definition) is 3. The van der Waals surface area contributed by atoms with E-state index < -0.39 is 0 Å². The van der Waals surface area contributed by atoms with Crippen LogP contribution in [-0.4, -0.2) is 52.4 Å². The number of anilines is 1. The van der Waals surface area contributed by atoms with Crippen molar-refractivity contribution in [1.82, 2.24) is 10.6 Å². The summed E-state index contributed by atoms with van der Waals surface area (Å²) in [4.78, 5) is 6.90. The fraction of sp³-hybridized carbons (Fsp3) is 0.667. The molecule has 2 aliphatic rings. The number of aliphatic imine (C=N–C) groups is 1. The van der Waals surface area contributed by atoms with Crippen LogP contribution in [-0.2, 0) is 11.2 Å². The highest BCUT2D eigenvalue weighted by molar-refractivity contribution is 14.0. The molecule has 0 radical (unpaired) electrons. The van der Waals surface area contributed by atoms with Gasteiger partial charge in [-0.05, 0) is 49.7 Å². The van der Waals surface area contributed by atoms with Gasteiger partial charge < -0.3 is 20.3 Å². The highest BCUT2D eigenvalue weighted by Crippen LogP contribution is 2.43. The first-order chi connectivity index (χ1) is 12.7. The molecule has 1 atom stereocenters. The summed E-state index contributed by atoms with van der Waals surface area (Å²) in [5.74, 6) is 0.911. The number of hydrogen-bond donors (Lipinski definition) is 2. The number of guanidine groups is 1. The summed E-state index contributed by atoms with van der Waals surface area (Å²) in [5, 5.41) is 7.03. The van der Waals surface area contributed by atoms with E-state index >= 15 is 0 Å². The van der Waals surface area contributed by atoms with E-state index in [1.165, 1.54) is 30.5 Å². The molecule has 0 bridgehead atoms. The topological polar surface area (TPSA) is 48.9 Å². The summed E-state index contributed by atoms with van der Waals surface area (Å²) in [7, 11) is 3.64. The smallest absolute Gasteiger partial charge is 0.191 e. The molecule has 1 heterocycles. The minimum atomic E-state index is 0. The SMILES string of the molecule is CN=C(NCCN1c2ccccc2CC1C)NCC1(CCOC)CCC1.I. The molecular formula is C21H35IN4O. The van der Waals surface area contributed by atoms with Gasteiger partial charge in [0.1, 0.15) is 0 Å². The summed E-state index contributed by atoms with van der Waals surface area (Å²) < 4.78 is 5.29. The van der Waals surface area contributed by atoms with Crippen molar-refractivity contribution < 1.29 is 4.74 Å². The van der Waals surface area contributed by atoms with Gasteiger partial charge in [-0.25, -0.2) is 0 Å². The van der Waals surface area contributed by atoms with Crippen LogP contribution in [0.4, 0.5) is 5.69 Å². The summed E-state index contributed by atoms with van der Waals surface area (Å²) in [6, 6.07) is 9.32. The van der Waals surface area contributed by atoms with E-state index in [1.54, 1.807) is 7.11 Å². The average molecular weight is 486 g/mol. The van der Waals surface area contributed by atoms with E-state index in [1.807, 2.05) is 7.05 Å². The summed E-state index contributed by atoms with van der Waals surface area (Å²) in [6.45, 7) is 6.03. The van der Waals surface area contributed by atoms with Crippen LogP contribution in [0, 0.1) is 5.41 Å². The lowest BCUT2D eigenvalue weighted by Crippen LogP contribution is -2.48. The molecule has 0 aromatic heterocycles. The number of ether oxygens (including phenoxy) is 1. The molecule has 6 heteroatoms. The monoisotopic (exact) mass is 486 g/mol. The molecule has 1 unspecified atom stereocenters. The normalized spacial score (nSPS) is 20.5. The Kier molecular flexibility index (Phi) is 8.66. The second kappa shape index (κ2) is 10.5. The number of rotatable bonds is 8. The van der Waals surface area contributed by atoms with Gasteiger partial charge in [-0.1, -0.05) is 24.6 Å². The first-order valence-electron chi connectivity index (χ1n) is 9.95. The minimum Gasteiger partial charge on any atom is -0.385 e. The Morgan fingerprint density at radius 3 is 2.74 bits per heavy atom. The molecule has 1 saturated carbocycles. The molecule has 0 saturated heterocycles. The van der Waals surface area contributed by atoms with Crippen molar-refractivity contribution >= 4 is 35.6 Å². The minimum absolute atomic E-state index is 0. The van der Waals surface area contributed by atoms with E-state index in [-0.39, 0.29) is 24.0 Å². The Balaban J connectivity index is 0.00000261. The molecule has 27 heavy (non-hydrogen) atoms. The lowest BCUT2D eigenvalue weighted by molar-refractivity contribution is 0.0732. The molecule has 0 amide bonds. The lowest BCUT2D eigenvalue weighted by atomic mass is 9.67. The highest BCUT2D eigenvalue weighted by Gasteiger charge is 2.36. The fourth-order valence-electron chi connectivity index (χ4n) is 4.27. The molecule has 1 fully saturated rings. The second-order valence-corrected chi connectivity index (χ2v) is 7.82. The first kappa shape index (κ1) is 22.3. The van der Waals surface area contributed by atoms with Crippen LogP contribution in [0.5, 0.6) is 0 Å². The summed E-state index contributed by atoms with van der Waals surface area (Å²) in [6.07, 6.45) is 6.20. The van der Waals surface area contributed by atoms with E-state index in [9.17, 15) is 0 Å². The lowest BCUT2D eigenvalue weighted by Gasteiger charge is -2.42. The molecular weight excluding hydrogens is 451 g/mol. The van der Waals surface area contributed by atoms with Crippen LogP contribution in [0.25, 0.3) is 0 Å². The zero-order valence-electron chi connectivity index (χ0n) is 17.0. The summed E-state index contributed by atoms with van der Waals surface area (Å²) in [5.41, 5.74) is 3.25. The van der Waals surface area contributed by atoms with Crippen LogP contribution >= 0.6 is 24.0 Å². The van der Waals surface area contributed by atoms with Gasteiger partial charge in [0.25, 0.3) is 0 Å². The largest absolute Gasteiger partial charge is 0.385 e. The van der Waals surface area contributed by atoms with Crippen molar-refractivity contribution in [1.29, 1.82) is 0 Å². The van der Waals surface area contributed by atoms with Gasteiger partial charge in [0.15, 0.2) is 5.96 Å². The number of nitrogens with one attached hydrogen (secondary N) is 2. The Bertz CT molecular complexity index is 618. The van der Waals surface area contributed by atoms with Crippen molar-refractivity contribution in [3.8, 4) is 0 Å². The third kappa shape index (κ3) is 5.50. The van der Waals surface area contributed by atoms with Gasteiger partial charge >= 0.3 is 0 Å². The molecule has 3 rings (SSSR count). The van der Waals surface area contributed by atoms with Crippen LogP contribution in [0.1, 0.15) is 38.2 Å². The molecule has 5 nitrogen and oxygen atoms in total. The van der Waals surface area contributed by atoms with Gasteiger partial charge in [0, 0.05) is 52.1 Å². The Hall–Kier alpha value is -1.02. The zero-order valence-corrected chi connectivity index (χ0v) is 19.3.